The monoisotopic (exact) mass is 378 g/mol. The van der Waals surface area contributed by atoms with Gasteiger partial charge in [0.05, 0.1) is 13.2 Å². The van der Waals surface area contributed by atoms with Crippen LogP contribution in [-0.2, 0) is 4.79 Å². The molecule has 3 atom stereocenters. The highest BCUT2D eigenvalue weighted by Gasteiger charge is 2.38. The van der Waals surface area contributed by atoms with Crippen molar-refractivity contribution in [1.29, 1.82) is 0 Å². The zero-order valence-corrected chi connectivity index (χ0v) is 15.4. The number of rotatable bonds is 4. The molecule has 1 amide bonds. The minimum Gasteiger partial charge on any atom is -0.494 e. The number of nitrogens with one attached hydrogen (secondary N) is 2. The van der Waals surface area contributed by atoms with E-state index in [2.05, 4.69) is 26.2 Å². The van der Waals surface area contributed by atoms with Crippen LogP contribution in [0.3, 0.4) is 0 Å². The largest absolute Gasteiger partial charge is 0.494 e. The molecule has 0 radical (unpaired) electrons. The quantitative estimate of drug-likeness (QED) is 0.844. The van der Waals surface area contributed by atoms with Gasteiger partial charge in [-0.3, -0.25) is 4.79 Å². The first-order valence-electron chi connectivity index (χ1n) is 8.73. The van der Waals surface area contributed by atoms with Crippen molar-refractivity contribution in [2.75, 3.05) is 12.4 Å². The van der Waals surface area contributed by atoms with E-state index in [4.69, 9.17) is 4.74 Å². The molecule has 140 valence electrons. The van der Waals surface area contributed by atoms with E-state index >= 15 is 0 Å². The molecule has 1 aliphatic carbocycles. The van der Waals surface area contributed by atoms with Crippen molar-refractivity contribution in [2.45, 2.75) is 44.2 Å². The highest BCUT2D eigenvalue weighted by atomic mass is 35.5. The molecule has 1 saturated carbocycles. The highest BCUT2D eigenvalue weighted by Crippen LogP contribution is 2.33. The van der Waals surface area contributed by atoms with E-state index in [0.717, 1.165) is 6.42 Å². The molecule has 2 aliphatic rings. The van der Waals surface area contributed by atoms with Crippen molar-refractivity contribution in [1.82, 2.24) is 25.5 Å². The second-order valence-corrected chi connectivity index (χ2v) is 6.74. The molecular weight excluding hydrogens is 356 g/mol. The molecule has 1 saturated heterocycles. The maximum absolute atomic E-state index is 12.7. The number of amides is 1. The second kappa shape index (κ2) is 8.01. The standard InChI is InChI=1S/C17H22N6O2.ClH/c1-25-16-7-6-12(9-15(16)23-10-18-21-22-23)19-17(24)14-8-11-4-2-3-5-13(11)20-14;/h6-7,9-11,13-14,20H,2-5,8H2,1H3,(H,19,24);1H. The van der Waals surface area contributed by atoms with Gasteiger partial charge in [0, 0.05) is 11.7 Å². The summed E-state index contributed by atoms with van der Waals surface area (Å²) >= 11 is 0. The number of hydrogen-bond acceptors (Lipinski definition) is 6. The summed E-state index contributed by atoms with van der Waals surface area (Å²) in [6, 6.07) is 5.82. The molecule has 26 heavy (non-hydrogen) atoms. The maximum atomic E-state index is 12.7. The third-order valence-electron chi connectivity index (χ3n) is 5.22. The number of hydrogen-bond donors (Lipinski definition) is 2. The smallest absolute Gasteiger partial charge is 0.241 e. The molecule has 9 heteroatoms. The van der Waals surface area contributed by atoms with Crippen molar-refractivity contribution < 1.29 is 9.53 Å². The van der Waals surface area contributed by atoms with Gasteiger partial charge in [-0.15, -0.1) is 17.5 Å². The Balaban J connectivity index is 0.00000196. The van der Waals surface area contributed by atoms with Crippen LogP contribution in [0.1, 0.15) is 32.1 Å². The maximum Gasteiger partial charge on any atom is 0.241 e. The number of ether oxygens (including phenoxy) is 1. The summed E-state index contributed by atoms with van der Waals surface area (Å²) < 4.78 is 6.86. The first-order valence-corrected chi connectivity index (χ1v) is 8.73. The number of carbonyl (C=O) groups excluding carboxylic acids is 1. The van der Waals surface area contributed by atoms with Gasteiger partial charge >= 0.3 is 0 Å². The zero-order chi connectivity index (χ0) is 17.2. The molecule has 1 aliphatic heterocycles. The van der Waals surface area contributed by atoms with Crippen molar-refractivity contribution in [3.8, 4) is 11.4 Å². The van der Waals surface area contributed by atoms with Gasteiger partial charge in [-0.25, -0.2) is 0 Å². The number of benzene rings is 1. The SMILES string of the molecule is COc1ccc(NC(=O)C2CC3CCCCC3N2)cc1-n1cnnn1.Cl. The average molecular weight is 379 g/mol. The number of nitrogens with zero attached hydrogens (tertiary/aromatic N) is 4. The third kappa shape index (κ3) is 3.66. The fraction of sp³-hybridized carbons (Fsp3) is 0.529. The van der Waals surface area contributed by atoms with Gasteiger partial charge in [-0.2, -0.15) is 4.68 Å². The van der Waals surface area contributed by atoms with E-state index in [-0.39, 0.29) is 24.4 Å². The van der Waals surface area contributed by atoms with Gasteiger partial charge in [0.25, 0.3) is 0 Å². The summed E-state index contributed by atoms with van der Waals surface area (Å²) in [4.78, 5) is 12.7. The third-order valence-corrected chi connectivity index (χ3v) is 5.22. The van der Waals surface area contributed by atoms with Crippen LogP contribution in [0, 0.1) is 5.92 Å². The Morgan fingerprint density at radius 1 is 1.35 bits per heavy atom. The lowest BCUT2D eigenvalue weighted by atomic mass is 9.85. The van der Waals surface area contributed by atoms with Crippen LogP contribution in [0.15, 0.2) is 24.5 Å². The number of methoxy groups -OCH3 is 1. The normalized spacial score (nSPS) is 24.4. The van der Waals surface area contributed by atoms with Crippen LogP contribution in [0.5, 0.6) is 5.75 Å². The van der Waals surface area contributed by atoms with Gasteiger partial charge in [0.1, 0.15) is 17.8 Å². The lowest BCUT2D eigenvalue weighted by molar-refractivity contribution is -0.117. The van der Waals surface area contributed by atoms with E-state index in [1.54, 1.807) is 13.2 Å². The number of anilines is 1. The number of halogens is 1. The molecule has 4 rings (SSSR count). The Morgan fingerprint density at radius 3 is 2.92 bits per heavy atom. The van der Waals surface area contributed by atoms with E-state index < -0.39 is 0 Å². The van der Waals surface area contributed by atoms with Crippen LogP contribution in [-0.4, -0.2) is 45.3 Å². The topological polar surface area (TPSA) is 94.0 Å². The summed E-state index contributed by atoms with van der Waals surface area (Å²) in [5, 5.41) is 17.7. The van der Waals surface area contributed by atoms with Gasteiger partial charge < -0.3 is 15.4 Å². The van der Waals surface area contributed by atoms with Gasteiger partial charge in [0.15, 0.2) is 0 Å². The van der Waals surface area contributed by atoms with Gasteiger partial charge in [-0.05, 0) is 53.8 Å². The van der Waals surface area contributed by atoms with Crippen LogP contribution in [0.25, 0.3) is 5.69 Å². The van der Waals surface area contributed by atoms with Gasteiger partial charge in [-0.1, -0.05) is 12.8 Å². The van der Waals surface area contributed by atoms with Crippen LogP contribution in [0.2, 0.25) is 0 Å². The minimum absolute atomic E-state index is 0. The lowest BCUT2D eigenvalue weighted by Gasteiger charge is -2.24. The summed E-state index contributed by atoms with van der Waals surface area (Å²) in [5.74, 6) is 1.29. The van der Waals surface area contributed by atoms with E-state index in [1.807, 2.05) is 12.1 Å². The Labute approximate surface area is 158 Å². The number of carbonyl (C=O) groups is 1. The predicted octanol–water partition coefficient (Wildman–Crippen LogP) is 1.95. The number of fused-ring (bicyclic) bond motifs is 1. The van der Waals surface area contributed by atoms with E-state index in [1.165, 1.54) is 36.7 Å². The molecule has 0 spiro atoms. The van der Waals surface area contributed by atoms with E-state index in [9.17, 15) is 4.79 Å². The van der Waals surface area contributed by atoms with Crippen molar-refractivity contribution in [3.63, 3.8) is 0 Å². The van der Waals surface area contributed by atoms with E-state index in [0.29, 0.717) is 29.1 Å². The molecule has 2 N–H and O–H groups in total. The molecular formula is C17H23ClN6O2. The molecule has 2 aromatic rings. The molecule has 2 heterocycles. The molecule has 1 aromatic carbocycles. The predicted molar refractivity (Wildman–Crippen MR) is 98.9 cm³/mol. The number of tetrazole rings is 1. The summed E-state index contributed by atoms with van der Waals surface area (Å²) in [5.41, 5.74) is 1.38. The molecule has 0 bridgehead atoms. The van der Waals surface area contributed by atoms with Crippen molar-refractivity contribution >= 4 is 24.0 Å². The Hall–Kier alpha value is -2.19. The van der Waals surface area contributed by atoms with Crippen LogP contribution < -0.4 is 15.4 Å². The van der Waals surface area contributed by atoms with Gasteiger partial charge in [0.2, 0.25) is 5.91 Å². The first kappa shape index (κ1) is 18.6. The first-order chi connectivity index (χ1) is 12.2. The molecule has 2 fully saturated rings. The average Bonchev–Trinajstić information content (AvgIpc) is 3.31. The zero-order valence-electron chi connectivity index (χ0n) is 14.6. The highest BCUT2D eigenvalue weighted by molar-refractivity contribution is 5.95. The molecule has 1 aromatic heterocycles. The Morgan fingerprint density at radius 2 is 2.19 bits per heavy atom. The summed E-state index contributed by atoms with van der Waals surface area (Å²) in [6.45, 7) is 0. The second-order valence-electron chi connectivity index (χ2n) is 6.74. The van der Waals surface area contributed by atoms with Crippen LogP contribution >= 0.6 is 12.4 Å². The Kier molecular flexibility index (Phi) is 5.73. The van der Waals surface area contributed by atoms with Crippen LogP contribution in [0.4, 0.5) is 5.69 Å². The fourth-order valence-corrected chi connectivity index (χ4v) is 3.97. The molecule has 3 unspecified atom stereocenters. The number of aromatic nitrogens is 4. The molecule has 8 nitrogen and oxygen atoms in total. The lowest BCUT2D eigenvalue weighted by Crippen LogP contribution is -2.39. The van der Waals surface area contributed by atoms with Crippen molar-refractivity contribution in [2.24, 2.45) is 5.92 Å². The van der Waals surface area contributed by atoms with Crippen molar-refractivity contribution in [3.05, 3.63) is 24.5 Å². The summed E-state index contributed by atoms with van der Waals surface area (Å²) in [6.07, 6.45) is 7.37. The Bertz CT molecular complexity index is 740. The minimum atomic E-state index is -0.119. The summed E-state index contributed by atoms with van der Waals surface area (Å²) in [7, 11) is 1.59. The fourth-order valence-electron chi connectivity index (χ4n) is 3.97.